The van der Waals surface area contributed by atoms with Crippen molar-refractivity contribution in [3.63, 3.8) is 0 Å². The third-order valence-electron chi connectivity index (χ3n) is 3.72. The second kappa shape index (κ2) is 6.59. The van der Waals surface area contributed by atoms with Gasteiger partial charge in [0.1, 0.15) is 11.5 Å². The molecule has 2 N–H and O–H groups in total. The lowest BCUT2D eigenvalue weighted by atomic mass is 9.75. The number of benzene rings is 2. The number of ether oxygens (including phenoxy) is 2. The summed E-state index contributed by atoms with van der Waals surface area (Å²) in [6.07, 6.45) is 1.89. The van der Waals surface area contributed by atoms with Gasteiger partial charge in [-0.25, -0.2) is 0 Å². The first-order chi connectivity index (χ1) is 11.0. The van der Waals surface area contributed by atoms with E-state index in [1.54, 1.807) is 43.7 Å². The summed E-state index contributed by atoms with van der Waals surface area (Å²) in [6, 6.07) is 12.6. The molecule has 0 atom stereocenters. The Morgan fingerprint density at radius 3 is 1.48 bits per heavy atom. The molecule has 2 rings (SSSR count). The van der Waals surface area contributed by atoms with Crippen LogP contribution >= 0.6 is 0 Å². The molecule has 0 aliphatic heterocycles. The van der Waals surface area contributed by atoms with Crippen molar-refractivity contribution >= 4 is 0 Å². The van der Waals surface area contributed by atoms with Gasteiger partial charge in [-0.2, -0.15) is 10.5 Å². The Labute approximate surface area is 133 Å². The Kier molecular flexibility index (Phi) is 4.58. The second-order valence-corrected chi connectivity index (χ2v) is 5.05. The molecule has 6 heteroatoms. The van der Waals surface area contributed by atoms with Gasteiger partial charge in [0.2, 0.25) is 0 Å². The van der Waals surface area contributed by atoms with E-state index in [-0.39, 0.29) is 11.5 Å². The molecule has 0 spiro atoms. The van der Waals surface area contributed by atoms with Crippen LogP contribution in [0.3, 0.4) is 0 Å². The minimum absolute atomic E-state index is 0.0840. The molecule has 0 fully saturated rings. The second-order valence-electron chi connectivity index (χ2n) is 5.05. The van der Waals surface area contributed by atoms with Crippen molar-refractivity contribution in [2.45, 2.75) is 18.6 Å². The van der Waals surface area contributed by atoms with Crippen LogP contribution < -0.4 is 0 Å². The molecule has 0 saturated carbocycles. The van der Waals surface area contributed by atoms with Crippen molar-refractivity contribution in [2.75, 3.05) is 0 Å². The first-order valence-electron chi connectivity index (χ1n) is 6.71. The topological polar surface area (TPSA) is 106 Å². The molecule has 0 aliphatic carbocycles. The summed E-state index contributed by atoms with van der Waals surface area (Å²) in [5, 5.41) is 36.7. The molecule has 0 bridgehead atoms. The van der Waals surface area contributed by atoms with Crippen LogP contribution in [0.4, 0.5) is 0 Å². The van der Waals surface area contributed by atoms with Gasteiger partial charge in [-0.15, -0.1) is 0 Å². The van der Waals surface area contributed by atoms with Gasteiger partial charge < -0.3 is 19.7 Å². The molecule has 6 nitrogen and oxygen atoms in total. The van der Waals surface area contributed by atoms with Gasteiger partial charge in [0.05, 0.1) is 5.41 Å². The van der Waals surface area contributed by atoms with Crippen LogP contribution in [-0.2, 0) is 14.9 Å². The number of hydrogen-bond donors (Lipinski definition) is 2. The van der Waals surface area contributed by atoms with Crippen LogP contribution in [0.2, 0.25) is 0 Å². The number of phenolic OH excluding ortho intramolecular Hbond substituents is 2. The fraction of sp³-hybridized carbons (Fsp3) is 0.176. The maximum absolute atomic E-state index is 9.47. The van der Waals surface area contributed by atoms with Crippen molar-refractivity contribution in [1.82, 2.24) is 0 Å². The molecule has 23 heavy (non-hydrogen) atoms. The zero-order valence-electron chi connectivity index (χ0n) is 12.3. The number of rotatable bonds is 5. The van der Waals surface area contributed by atoms with Crippen LogP contribution in [0.25, 0.3) is 0 Å². The number of phenols is 2. The molecule has 116 valence electrons. The van der Waals surface area contributed by atoms with Crippen LogP contribution in [0.5, 0.6) is 11.5 Å². The fourth-order valence-corrected chi connectivity index (χ4v) is 2.41. The highest BCUT2D eigenvalue weighted by molar-refractivity contribution is 5.43. The molecular weight excluding hydrogens is 296 g/mol. The summed E-state index contributed by atoms with van der Waals surface area (Å²) >= 11 is 0. The molecule has 0 aliphatic rings. The van der Waals surface area contributed by atoms with Gasteiger partial charge in [0.15, 0.2) is 0 Å². The minimum Gasteiger partial charge on any atom is -0.508 e. The molecule has 0 aromatic heterocycles. The molecular formula is C17H14N2O4. The molecule has 0 amide bonds. The summed E-state index contributed by atoms with van der Waals surface area (Å²) in [6.45, 7) is 1.74. The Morgan fingerprint density at radius 1 is 0.826 bits per heavy atom. The zero-order valence-corrected chi connectivity index (χ0v) is 12.3. The Balaban J connectivity index is 2.62. The van der Waals surface area contributed by atoms with Gasteiger partial charge in [-0.3, -0.25) is 0 Å². The van der Waals surface area contributed by atoms with E-state index in [2.05, 4.69) is 0 Å². The summed E-state index contributed by atoms with van der Waals surface area (Å²) in [5.74, 6) is 0.168. The van der Waals surface area contributed by atoms with E-state index in [0.717, 1.165) is 0 Å². The molecule has 0 saturated heterocycles. The average Bonchev–Trinajstić information content (AvgIpc) is 2.55. The van der Waals surface area contributed by atoms with E-state index in [4.69, 9.17) is 20.0 Å². The maximum Gasteiger partial charge on any atom is 0.289 e. The lowest BCUT2D eigenvalue weighted by Gasteiger charge is -2.34. The summed E-state index contributed by atoms with van der Waals surface area (Å²) < 4.78 is 9.91. The monoisotopic (exact) mass is 310 g/mol. The number of nitrogens with zero attached hydrogens (tertiary/aromatic N) is 2. The predicted octanol–water partition coefficient (Wildman–Crippen LogP) is 2.73. The van der Waals surface area contributed by atoms with Crippen molar-refractivity contribution in [1.29, 1.82) is 10.5 Å². The minimum atomic E-state index is -1.20. The Bertz CT molecular complexity index is 681. The van der Waals surface area contributed by atoms with Gasteiger partial charge in [-0.1, -0.05) is 24.3 Å². The highest BCUT2D eigenvalue weighted by Gasteiger charge is 2.42. The van der Waals surface area contributed by atoms with Gasteiger partial charge in [0, 0.05) is 0 Å². The normalized spacial score (nSPS) is 10.6. The Morgan fingerprint density at radius 2 is 1.17 bits per heavy atom. The highest BCUT2D eigenvalue weighted by Crippen LogP contribution is 2.38. The zero-order chi connectivity index (χ0) is 16.9. The molecule has 0 unspecified atom stereocenters. The number of aromatic hydroxyl groups is 2. The van der Waals surface area contributed by atoms with E-state index in [1.165, 1.54) is 24.3 Å². The van der Waals surface area contributed by atoms with Gasteiger partial charge >= 0.3 is 0 Å². The Hall–Kier alpha value is -3.38. The summed E-state index contributed by atoms with van der Waals surface area (Å²) in [5.41, 5.74) is 0.306. The number of nitriles is 2. The van der Waals surface area contributed by atoms with Crippen molar-refractivity contribution in [3.8, 4) is 24.0 Å². The third kappa shape index (κ3) is 3.12. The first-order valence-corrected chi connectivity index (χ1v) is 6.71. The molecule has 0 radical (unpaired) electrons. The smallest absolute Gasteiger partial charge is 0.289 e. The average molecular weight is 310 g/mol. The first kappa shape index (κ1) is 16.0. The number of hydrogen-bond acceptors (Lipinski definition) is 6. The van der Waals surface area contributed by atoms with E-state index >= 15 is 0 Å². The lowest BCUT2D eigenvalue weighted by molar-refractivity contribution is -0.0837. The quantitative estimate of drug-likeness (QED) is 0.649. The van der Waals surface area contributed by atoms with Gasteiger partial charge in [0.25, 0.3) is 18.8 Å². The van der Waals surface area contributed by atoms with Crippen molar-refractivity contribution in [3.05, 3.63) is 59.7 Å². The highest BCUT2D eigenvalue weighted by atomic mass is 16.7. The van der Waals surface area contributed by atoms with E-state index in [0.29, 0.717) is 11.1 Å². The van der Waals surface area contributed by atoms with Crippen molar-refractivity contribution in [2.24, 2.45) is 0 Å². The van der Waals surface area contributed by atoms with Crippen LogP contribution in [-0.4, -0.2) is 16.5 Å². The van der Waals surface area contributed by atoms with Gasteiger partial charge in [-0.05, 0) is 42.3 Å². The van der Waals surface area contributed by atoms with Crippen LogP contribution in [0.15, 0.2) is 48.5 Å². The fourth-order valence-electron chi connectivity index (χ4n) is 2.41. The molecule has 0 heterocycles. The summed E-state index contributed by atoms with van der Waals surface area (Å²) in [4.78, 5) is 0. The molecule has 2 aromatic rings. The standard InChI is InChI=1S/C17H14N2O4/c1-17(16(22-10-18)23-11-19,12-2-6-14(20)7-3-12)13-4-8-15(21)9-5-13/h2-9,16,20-21H,1H3. The predicted molar refractivity (Wildman–Crippen MR) is 79.9 cm³/mol. The third-order valence-corrected chi connectivity index (χ3v) is 3.72. The summed E-state index contributed by atoms with van der Waals surface area (Å²) in [7, 11) is 0. The van der Waals surface area contributed by atoms with E-state index < -0.39 is 11.7 Å². The van der Waals surface area contributed by atoms with Crippen LogP contribution in [0.1, 0.15) is 18.1 Å². The van der Waals surface area contributed by atoms with Crippen molar-refractivity contribution < 1.29 is 19.7 Å². The molecule has 2 aromatic carbocycles. The van der Waals surface area contributed by atoms with E-state index in [9.17, 15) is 10.2 Å². The van der Waals surface area contributed by atoms with E-state index in [1.807, 2.05) is 0 Å². The van der Waals surface area contributed by atoms with Crippen LogP contribution in [0, 0.1) is 23.0 Å². The SMILES string of the molecule is CC(c1ccc(O)cc1)(c1ccc(O)cc1)C(OC#N)OC#N. The maximum atomic E-state index is 9.47. The lowest BCUT2D eigenvalue weighted by Crippen LogP contribution is -2.40. The largest absolute Gasteiger partial charge is 0.508 e.